The fraction of sp³-hybridized carbons (Fsp3) is 0.0909. The summed E-state index contributed by atoms with van der Waals surface area (Å²) >= 11 is 0. The third kappa shape index (κ3) is 1.80. The number of phenolic OH excluding ortho intramolecular Hbond substituents is 1. The molecule has 0 spiro atoms. The van der Waals surface area contributed by atoms with Crippen LogP contribution in [-0.4, -0.2) is 28.7 Å². The summed E-state index contributed by atoms with van der Waals surface area (Å²) in [6.07, 6.45) is 2.15. The lowest BCUT2D eigenvalue weighted by atomic mass is 10.0. The number of hydrogen-bond donors (Lipinski definition) is 3. The van der Waals surface area contributed by atoms with E-state index in [1.54, 1.807) is 6.07 Å². The smallest absolute Gasteiger partial charge is 0.161 e. The molecule has 0 aliphatic rings. The molecule has 0 atom stereocenters. The largest absolute Gasteiger partial charge is 0.504 e. The number of hydrogen-bond acceptors (Lipinski definition) is 5. The van der Waals surface area contributed by atoms with Gasteiger partial charge in [-0.2, -0.15) is 5.10 Å². The van der Waals surface area contributed by atoms with Crippen LogP contribution < -0.4 is 10.5 Å². The fourth-order valence-corrected chi connectivity index (χ4v) is 1.59. The minimum absolute atomic E-state index is 0.0968. The third-order valence-corrected chi connectivity index (χ3v) is 2.44. The Kier molecular flexibility index (Phi) is 2.70. The molecule has 1 aromatic heterocycles. The van der Waals surface area contributed by atoms with Crippen molar-refractivity contribution in [1.82, 2.24) is 10.2 Å². The van der Waals surface area contributed by atoms with Crippen LogP contribution in [0.25, 0.3) is 11.1 Å². The van der Waals surface area contributed by atoms with Crippen LogP contribution in [0.2, 0.25) is 0 Å². The fourth-order valence-electron chi connectivity index (χ4n) is 1.59. The lowest BCUT2D eigenvalue weighted by molar-refractivity contribution is 0.112. The van der Waals surface area contributed by atoms with E-state index in [0.717, 1.165) is 0 Å². The van der Waals surface area contributed by atoms with Gasteiger partial charge in [-0.05, 0) is 12.1 Å². The van der Waals surface area contributed by atoms with E-state index in [4.69, 9.17) is 10.5 Å². The standard InChI is InChI=1S/C11H11N3O3/c1-17-10-3-7(6(5-15)2-9(10)16)8-4-13-14-11(8)12/h2-5,16H,1H3,(H3,12,13,14). The van der Waals surface area contributed by atoms with E-state index in [-0.39, 0.29) is 11.5 Å². The number of nitrogens with two attached hydrogens (primary N) is 1. The molecule has 0 unspecified atom stereocenters. The van der Waals surface area contributed by atoms with Crippen molar-refractivity contribution in [2.75, 3.05) is 12.8 Å². The number of aromatic nitrogens is 2. The summed E-state index contributed by atoms with van der Waals surface area (Å²) in [6, 6.07) is 2.87. The molecule has 2 aromatic rings. The number of nitrogen functional groups attached to an aromatic ring is 1. The molecule has 0 aliphatic carbocycles. The van der Waals surface area contributed by atoms with Gasteiger partial charge in [0.2, 0.25) is 0 Å². The first-order chi connectivity index (χ1) is 8.17. The molecule has 0 saturated heterocycles. The number of ether oxygens (including phenoxy) is 1. The second kappa shape index (κ2) is 4.17. The number of methoxy groups -OCH3 is 1. The Labute approximate surface area is 97.0 Å². The van der Waals surface area contributed by atoms with Gasteiger partial charge in [-0.15, -0.1) is 0 Å². The molecule has 0 radical (unpaired) electrons. The second-order valence-corrected chi connectivity index (χ2v) is 3.43. The van der Waals surface area contributed by atoms with Gasteiger partial charge in [-0.3, -0.25) is 9.89 Å². The van der Waals surface area contributed by atoms with Crippen molar-refractivity contribution < 1.29 is 14.6 Å². The Morgan fingerprint density at radius 2 is 2.24 bits per heavy atom. The summed E-state index contributed by atoms with van der Waals surface area (Å²) in [5, 5.41) is 15.9. The number of carbonyl (C=O) groups is 1. The van der Waals surface area contributed by atoms with Crippen LogP contribution in [0.15, 0.2) is 18.3 Å². The van der Waals surface area contributed by atoms with Crippen molar-refractivity contribution in [3.8, 4) is 22.6 Å². The van der Waals surface area contributed by atoms with E-state index in [9.17, 15) is 9.90 Å². The van der Waals surface area contributed by atoms with Gasteiger partial charge >= 0.3 is 0 Å². The minimum atomic E-state index is -0.0968. The van der Waals surface area contributed by atoms with Crippen molar-refractivity contribution >= 4 is 12.1 Å². The van der Waals surface area contributed by atoms with Crippen LogP contribution >= 0.6 is 0 Å². The zero-order chi connectivity index (χ0) is 12.4. The van der Waals surface area contributed by atoms with Crippen LogP contribution in [0.4, 0.5) is 5.82 Å². The zero-order valence-electron chi connectivity index (χ0n) is 9.10. The van der Waals surface area contributed by atoms with E-state index < -0.39 is 0 Å². The predicted molar refractivity (Wildman–Crippen MR) is 62.0 cm³/mol. The van der Waals surface area contributed by atoms with Gasteiger partial charge in [-0.1, -0.05) is 0 Å². The molecule has 1 aromatic carbocycles. The van der Waals surface area contributed by atoms with E-state index >= 15 is 0 Å². The molecular weight excluding hydrogens is 222 g/mol. The summed E-state index contributed by atoms with van der Waals surface area (Å²) in [5.74, 6) is 0.521. The average Bonchev–Trinajstić information content (AvgIpc) is 2.75. The first-order valence-corrected chi connectivity index (χ1v) is 4.82. The Bertz CT molecular complexity index is 563. The Hall–Kier alpha value is -2.50. The molecular formula is C11H11N3O3. The summed E-state index contributed by atoms with van der Waals surface area (Å²) in [6.45, 7) is 0. The SMILES string of the molecule is COc1cc(-c2cn[nH]c2N)c(C=O)cc1O. The molecule has 0 bridgehead atoms. The number of carbonyl (C=O) groups excluding carboxylic acids is 1. The summed E-state index contributed by atoms with van der Waals surface area (Å²) in [5.41, 5.74) is 7.15. The van der Waals surface area contributed by atoms with E-state index in [1.165, 1.54) is 19.4 Å². The topological polar surface area (TPSA) is 101 Å². The van der Waals surface area contributed by atoms with Crippen molar-refractivity contribution in [2.24, 2.45) is 0 Å². The normalized spacial score (nSPS) is 10.2. The van der Waals surface area contributed by atoms with Gasteiger partial charge in [0.15, 0.2) is 17.8 Å². The van der Waals surface area contributed by atoms with Crippen molar-refractivity contribution in [3.63, 3.8) is 0 Å². The monoisotopic (exact) mass is 233 g/mol. The van der Waals surface area contributed by atoms with Crippen molar-refractivity contribution in [1.29, 1.82) is 0 Å². The number of nitrogens with one attached hydrogen (secondary N) is 1. The Morgan fingerprint density at radius 1 is 1.47 bits per heavy atom. The molecule has 4 N–H and O–H groups in total. The molecule has 0 saturated carbocycles. The van der Waals surface area contributed by atoms with Gasteiger partial charge in [0, 0.05) is 16.7 Å². The first kappa shape index (κ1) is 11.0. The number of nitrogens with zero attached hydrogens (tertiary/aromatic N) is 1. The van der Waals surface area contributed by atoms with Crippen LogP contribution in [0.3, 0.4) is 0 Å². The van der Waals surface area contributed by atoms with E-state index in [1.807, 2.05) is 0 Å². The van der Waals surface area contributed by atoms with Crippen LogP contribution in [0.5, 0.6) is 11.5 Å². The maximum Gasteiger partial charge on any atom is 0.161 e. The third-order valence-electron chi connectivity index (χ3n) is 2.44. The molecule has 0 amide bonds. The maximum atomic E-state index is 11.0. The molecule has 2 rings (SSSR count). The number of aromatic hydroxyl groups is 1. The molecule has 6 heteroatoms. The van der Waals surface area contributed by atoms with Gasteiger partial charge < -0.3 is 15.6 Å². The molecule has 88 valence electrons. The highest BCUT2D eigenvalue weighted by molar-refractivity contribution is 5.91. The van der Waals surface area contributed by atoms with E-state index in [0.29, 0.717) is 28.8 Å². The minimum Gasteiger partial charge on any atom is -0.504 e. The van der Waals surface area contributed by atoms with Crippen molar-refractivity contribution in [2.45, 2.75) is 0 Å². The van der Waals surface area contributed by atoms with Crippen molar-refractivity contribution in [3.05, 3.63) is 23.9 Å². The number of aldehydes is 1. The molecule has 6 nitrogen and oxygen atoms in total. The first-order valence-electron chi connectivity index (χ1n) is 4.82. The van der Waals surface area contributed by atoms with Crippen LogP contribution in [0.1, 0.15) is 10.4 Å². The molecule has 0 fully saturated rings. The highest BCUT2D eigenvalue weighted by Crippen LogP contribution is 2.35. The van der Waals surface area contributed by atoms with Gasteiger partial charge in [0.1, 0.15) is 5.82 Å². The summed E-state index contributed by atoms with van der Waals surface area (Å²) < 4.78 is 4.99. The van der Waals surface area contributed by atoms with Gasteiger partial charge in [0.25, 0.3) is 0 Å². The zero-order valence-corrected chi connectivity index (χ0v) is 9.10. The molecule has 1 heterocycles. The number of rotatable bonds is 3. The predicted octanol–water partition coefficient (Wildman–Crippen LogP) is 1.19. The summed E-state index contributed by atoms with van der Waals surface area (Å²) in [7, 11) is 1.43. The van der Waals surface area contributed by atoms with E-state index in [2.05, 4.69) is 10.2 Å². The Balaban J connectivity index is 2.67. The number of H-pyrrole nitrogens is 1. The molecule has 17 heavy (non-hydrogen) atoms. The maximum absolute atomic E-state index is 11.0. The quantitative estimate of drug-likeness (QED) is 0.691. The number of benzene rings is 1. The lowest BCUT2D eigenvalue weighted by Crippen LogP contribution is -1.94. The summed E-state index contributed by atoms with van der Waals surface area (Å²) in [4.78, 5) is 11.0. The Morgan fingerprint density at radius 3 is 2.76 bits per heavy atom. The van der Waals surface area contributed by atoms with Crippen LogP contribution in [0, 0.1) is 0 Å². The van der Waals surface area contributed by atoms with Crippen LogP contribution in [-0.2, 0) is 0 Å². The van der Waals surface area contributed by atoms with Gasteiger partial charge in [0.05, 0.1) is 13.3 Å². The average molecular weight is 233 g/mol. The lowest BCUT2D eigenvalue weighted by Gasteiger charge is -2.08. The number of phenols is 1. The number of anilines is 1. The molecule has 0 aliphatic heterocycles. The number of aromatic amines is 1. The highest BCUT2D eigenvalue weighted by atomic mass is 16.5. The van der Waals surface area contributed by atoms with Gasteiger partial charge in [-0.25, -0.2) is 0 Å². The second-order valence-electron chi connectivity index (χ2n) is 3.43. The highest BCUT2D eigenvalue weighted by Gasteiger charge is 2.14.